The van der Waals surface area contributed by atoms with Crippen molar-refractivity contribution in [2.75, 3.05) is 0 Å². The van der Waals surface area contributed by atoms with E-state index in [-0.39, 0.29) is 16.0 Å². The van der Waals surface area contributed by atoms with Crippen LogP contribution in [0.3, 0.4) is 0 Å². The summed E-state index contributed by atoms with van der Waals surface area (Å²) >= 11 is 3.01. The molecule has 1 aliphatic rings. The van der Waals surface area contributed by atoms with Gasteiger partial charge >= 0.3 is 5.97 Å². The maximum Gasteiger partial charge on any atom is 0.326 e. The second kappa shape index (κ2) is 7.02. The van der Waals surface area contributed by atoms with Crippen LogP contribution in [0.1, 0.15) is 42.5 Å². The standard InChI is InChI=1S/C15H17BrFNO3/c16-11-8-10(6-7-12(11)17)14(19)18-13(15(20)21)9-4-2-1-3-5-9/h6-9,13H,1-5H2,(H,18,19)(H,20,21). The lowest BCUT2D eigenvalue weighted by Gasteiger charge is -2.28. The van der Waals surface area contributed by atoms with Crippen molar-refractivity contribution < 1.29 is 19.1 Å². The van der Waals surface area contributed by atoms with Crippen molar-refractivity contribution in [3.63, 3.8) is 0 Å². The highest BCUT2D eigenvalue weighted by atomic mass is 79.9. The Morgan fingerprint density at radius 3 is 2.52 bits per heavy atom. The van der Waals surface area contributed by atoms with Crippen LogP contribution in [0, 0.1) is 11.7 Å². The molecular formula is C15H17BrFNO3. The van der Waals surface area contributed by atoms with Gasteiger partial charge in [-0.15, -0.1) is 0 Å². The first-order chi connectivity index (χ1) is 9.99. The molecule has 0 saturated heterocycles. The molecule has 0 aliphatic heterocycles. The average Bonchev–Trinajstić information content (AvgIpc) is 2.48. The Morgan fingerprint density at radius 1 is 1.29 bits per heavy atom. The second-order valence-corrected chi connectivity index (χ2v) is 6.17. The molecule has 0 heterocycles. The van der Waals surface area contributed by atoms with Crippen molar-refractivity contribution in [1.82, 2.24) is 5.32 Å². The van der Waals surface area contributed by atoms with Gasteiger partial charge in [-0.05, 0) is 52.9 Å². The highest BCUT2D eigenvalue weighted by Gasteiger charge is 2.31. The van der Waals surface area contributed by atoms with Crippen LogP contribution >= 0.6 is 15.9 Å². The molecule has 2 N–H and O–H groups in total. The van der Waals surface area contributed by atoms with Crippen LogP contribution in [0.25, 0.3) is 0 Å². The number of rotatable bonds is 4. The molecule has 21 heavy (non-hydrogen) atoms. The molecule has 1 aromatic rings. The predicted molar refractivity (Wildman–Crippen MR) is 79.6 cm³/mol. The van der Waals surface area contributed by atoms with Gasteiger partial charge in [0.2, 0.25) is 0 Å². The summed E-state index contributed by atoms with van der Waals surface area (Å²) in [5.74, 6) is -2.01. The molecule has 2 rings (SSSR count). The van der Waals surface area contributed by atoms with Gasteiger partial charge in [-0.3, -0.25) is 4.79 Å². The number of carbonyl (C=O) groups excluding carboxylic acids is 1. The minimum atomic E-state index is -1.02. The zero-order valence-electron chi connectivity index (χ0n) is 11.4. The van der Waals surface area contributed by atoms with Crippen molar-refractivity contribution in [2.24, 2.45) is 5.92 Å². The Labute approximate surface area is 130 Å². The summed E-state index contributed by atoms with van der Waals surface area (Å²) in [5, 5.41) is 11.9. The zero-order chi connectivity index (χ0) is 15.4. The third-order valence-electron chi connectivity index (χ3n) is 3.86. The van der Waals surface area contributed by atoms with Gasteiger partial charge in [0.25, 0.3) is 5.91 Å². The van der Waals surface area contributed by atoms with Gasteiger partial charge in [-0.2, -0.15) is 0 Å². The Kier molecular flexibility index (Phi) is 5.33. The molecule has 0 bridgehead atoms. The highest BCUT2D eigenvalue weighted by molar-refractivity contribution is 9.10. The minimum Gasteiger partial charge on any atom is -0.480 e. The number of nitrogens with one attached hydrogen (secondary N) is 1. The number of carboxylic acids is 1. The third-order valence-corrected chi connectivity index (χ3v) is 4.46. The summed E-state index contributed by atoms with van der Waals surface area (Å²) in [4.78, 5) is 23.6. The van der Waals surface area contributed by atoms with Crippen molar-refractivity contribution in [1.29, 1.82) is 0 Å². The summed E-state index contributed by atoms with van der Waals surface area (Å²) < 4.78 is 13.4. The van der Waals surface area contributed by atoms with Gasteiger partial charge in [0.15, 0.2) is 0 Å². The number of amides is 1. The Morgan fingerprint density at radius 2 is 1.95 bits per heavy atom. The van der Waals surface area contributed by atoms with E-state index in [1.807, 2.05) is 0 Å². The van der Waals surface area contributed by atoms with E-state index in [9.17, 15) is 19.1 Å². The summed E-state index contributed by atoms with van der Waals surface area (Å²) in [5.41, 5.74) is 0.241. The fourth-order valence-electron chi connectivity index (χ4n) is 2.71. The molecule has 0 aromatic heterocycles. The lowest BCUT2D eigenvalue weighted by molar-refractivity contribution is -0.141. The molecular weight excluding hydrogens is 341 g/mol. The molecule has 1 saturated carbocycles. The SMILES string of the molecule is O=C(NC(C(=O)O)C1CCCCC1)c1ccc(F)c(Br)c1. The van der Waals surface area contributed by atoms with Crippen LogP contribution < -0.4 is 5.32 Å². The molecule has 1 aromatic carbocycles. The summed E-state index contributed by atoms with van der Waals surface area (Å²) in [6.45, 7) is 0. The van der Waals surface area contributed by atoms with E-state index in [0.29, 0.717) is 0 Å². The number of carbonyl (C=O) groups is 2. The second-order valence-electron chi connectivity index (χ2n) is 5.32. The highest BCUT2D eigenvalue weighted by Crippen LogP contribution is 2.27. The molecule has 114 valence electrons. The van der Waals surface area contributed by atoms with Gasteiger partial charge in [0.1, 0.15) is 11.9 Å². The zero-order valence-corrected chi connectivity index (χ0v) is 13.0. The molecule has 1 aliphatic carbocycles. The molecule has 0 spiro atoms. The van der Waals surface area contributed by atoms with Gasteiger partial charge in [0, 0.05) is 5.56 Å². The van der Waals surface area contributed by atoms with Crippen molar-refractivity contribution >= 4 is 27.8 Å². The van der Waals surface area contributed by atoms with Gasteiger partial charge in [-0.1, -0.05) is 19.3 Å². The quantitative estimate of drug-likeness (QED) is 0.868. The van der Waals surface area contributed by atoms with Crippen LogP contribution in [0.15, 0.2) is 22.7 Å². The monoisotopic (exact) mass is 357 g/mol. The first-order valence-electron chi connectivity index (χ1n) is 6.98. The maximum atomic E-state index is 13.2. The van der Waals surface area contributed by atoms with E-state index in [1.165, 1.54) is 18.2 Å². The van der Waals surface area contributed by atoms with Crippen molar-refractivity contribution in [2.45, 2.75) is 38.1 Å². The number of benzene rings is 1. The smallest absolute Gasteiger partial charge is 0.326 e. The third kappa shape index (κ3) is 4.03. The fourth-order valence-corrected chi connectivity index (χ4v) is 3.09. The van der Waals surface area contributed by atoms with Crippen molar-refractivity contribution in [3.05, 3.63) is 34.1 Å². The van der Waals surface area contributed by atoms with Crippen LogP contribution in [-0.2, 0) is 4.79 Å². The van der Waals surface area contributed by atoms with E-state index in [0.717, 1.165) is 32.1 Å². The predicted octanol–water partition coefficient (Wildman–Crippen LogP) is 3.35. The molecule has 0 radical (unpaired) electrons. The number of hydrogen-bond acceptors (Lipinski definition) is 2. The topological polar surface area (TPSA) is 66.4 Å². The lowest BCUT2D eigenvalue weighted by Crippen LogP contribution is -2.46. The van der Waals surface area contributed by atoms with Crippen LogP contribution in [0.5, 0.6) is 0 Å². The van der Waals surface area contributed by atoms with E-state index < -0.39 is 23.7 Å². The summed E-state index contributed by atoms with van der Waals surface area (Å²) in [7, 11) is 0. The Bertz CT molecular complexity index is 544. The van der Waals surface area contributed by atoms with Crippen LogP contribution in [0.4, 0.5) is 4.39 Å². The molecule has 1 amide bonds. The number of aliphatic carboxylic acids is 1. The number of halogens is 2. The Hall–Kier alpha value is -1.43. The summed E-state index contributed by atoms with van der Waals surface area (Å²) in [6.07, 6.45) is 4.72. The number of carboxylic acid groups (broad SMARTS) is 1. The van der Waals surface area contributed by atoms with Crippen LogP contribution in [0.2, 0.25) is 0 Å². The van der Waals surface area contributed by atoms with Gasteiger partial charge < -0.3 is 10.4 Å². The van der Waals surface area contributed by atoms with E-state index in [4.69, 9.17) is 0 Å². The van der Waals surface area contributed by atoms with E-state index in [2.05, 4.69) is 21.2 Å². The first-order valence-corrected chi connectivity index (χ1v) is 7.77. The van der Waals surface area contributed by atoms with Gasteiger partial charge in [-0.25, -0.2) is 9.18 Å². The van der Waals surface area contributed by atoms with Crippen molar-refractivity contribution in [3.8, 4) is 0 Å². The molecule has 1 atom stereocenters. The fraction of sp³-hybridized carbons (Fsp3) is 0.467. The molecule has 1 fully saturated rings. The first kappa shape index (κ1) is 15.9. The molecule has 1 unspecified atom stereocenters. The Balaban J connectivity index is 2.10. The van der Waals surface area contributed by atoms with E-state index >= 15 is 0 Å². The van der Waals surface area contributed by atoms with Gasteiger partial charge in [0.05, 0.1) is 4.47 Å². The van der Waals surface area contributed by atoms with E-state index in [1.54, 1.807) is 0 Å². The maximum absolute atomic E-state index is 13.2. The molecule has 6 heteroatoms. The molecule has 4 nitrogen and oxygen atoms in total. The van der Waals surface area contributed by atoms with Crippen LogP contribution in [-0.4, -0.2) is 23.0 Å². The largest absolute Gasteiger partial charge is 0.480 e. The average molecular weight is 358 g/mol. The normalized spacial score (nSPS) is 17.2. The minimum absolute atomic E-state index is 0.0379. The summed E-state index contributed by atoms with van der Waals surface area (Å²) in [6, 6.07) is 2.98. The lowest BCUT2D eigenvalue weighted by atomic mass is 9.84. The number of hydrogen-bond donors (Lipinski definition) is 2.